The highest BCUT2D eigenvalue weighted by Crippen LogP contribution is 2.25. The average molecular weight is 263 g/mol. The van der Waals surface area contributed by atoms with Gasteiger partial charge in [0.15, 0.2) is 0 Å². The third-order valence-corrected chi connectivity index (χ3v) is 5.46. The fraction of sp³-hybridized carbons (Fsp3) is 0.200. The predicted molar refractivity (Wildman–Crippen MR) is 65.8 cm³/mol. The molecule has 0 saturated carbocycles. The topological polar surface area (TPSA) is 34.1 Å². The summed E-state index contributed by atoms with van der Waals surface area (Å²) in [7, 11) is -2.51. The molecule has 0 radical (unpaired) electrons. The van der Waals surface area contributed by atoms with Crippen molar-refractivity contribution in [3.8, 4) is 0 Å². The zero-order valence-electron chi connectivity index (χ0n) is 8.23. The van der Waals surface area contributed by atoms with E-state index in [-0.39, 0.29) is 5.75 Å². The van der Waals surface area contributed by atoms with E-state index in [2.05, 4.69) is 6.58 Å². The highest BCUT2D eigenvalue weighted by atomic mass is 35.5. The van der Waals surface area contributed by atoms with E-state index < -0.39 is 8.87 Å². The molecule has 0 aliphatic rings. The van der Waals surface area contributed by atoms with Crippen molar-refractivity contribution in [2.24, 2.45) is 0 Å². The third kappa shape index (κ3) is 3.89. The molecule has 0 aromatic heterocycles. The van der Waals surface area contributed by atoms with Crippen molar-refractivity contribution in [3.05, 3.63) is 41.4 Å². The summed E-state index contributed by atoms with van der Waals surface area (Å²) in [6.45, 7) is 5.35. The lowest BCUT2D eigenvalue weighted by Gasteiger charge is -2.03. The molecule has 1 aromatic rings. The van der Waals surface area contributed by atoms with Crippen molar-refractivity contribution >= 4 is 31.3 Å². The summed E-state index contributed by atoms with van der Waals surface area (Å²) in [6, 6.07) is 6.72. The summed E-state index contributed by atoms with van der Waals surface area (Å²) >= 11 is 5.52. The monoisotopic (exact) mass is 262 g/mol. The summed E-state index contributed by atoms with van der Waals surface area (Å²) in [5.41, 5.74) is 1.03. The first kappa shape index (κ1) is 12.6. The maximum absolute atomic E-state index is 11.7. The van der Waals surface area contributed by atoms with E-state index in [0.29, 0.717) is 9.93 Å². The smallest absolute Gasteiger partial charge is 0.212 e. The van der Waals surface area contributed by atoms with Crippen LogP contribution in [0, 0.1) is 6.92 Å². The normalized spacial score (nSPS) is 11.3. The highest BCUT2D eigenvalue weighted by Gasteiger charge is 2.14. The Labute approximate surface area is 98.7 Å². The molecule has 0 amide bonds. The Bertz CT molecular complexity index is 449. The molecule has 82 valence electrons. The third-order valence-electron chi connectivity index (χ3n) is 1.68. The SMILES string of the molecule is C=C(Cl)CSS(=O)(=O)c1ccc(C)cc1. The van der Waals surface area contributed by atoms with Gasteiger partial charge >= 0.3 is 0 Å². The van der Waals surface area contributed by atoms with Gasteiger partial charge in [0.25, 0.3) is 0 Å². The van der Waals surface area contributed by atoms with Crippen LogP contribution in [0.15, 0.2) is 40.8 Å². The molecular weight excluding hydrogens is 252 g/mol. The maximum atomic E-state index is 11.7. The lowest BCUT2D eigenvalue weighted by molar-refractivity contribution is 0.610. The molecule has 5 heteroatoms. The van der Waals surface area contributed by atoms with Crippen molar-refractivity contribution in [1.82, 2.24) is 0 Å². The summed E-state index contributed by atoms with van der Waals surface area (Å²) in [5.74, 6) is 0.206. The van der Waals surface area contributed by atoms with Gasteiger partial charge < -0.3 is 0 Å². The molecule has 0 aliphatic carbocycles. The number of hydrogen-bond donors (Lipinski definition) is 0. The first-order valence-corrected chi connectivity index (χ1v) is 7.57. The number of halogens is 1. The highest BCUT2D eigenvalue weighted by molar-refractivity contribution is 8.72. The molecule has 0 saturated heterocycles. The first-order chi connectivity index (χ1) is 6.92. The molecule has 0 N–H and O–H groups in total. The van der Waals surface area contributed by atoms with Gasteiger partial charge in [-0.2, -0.15) is 0 Å². The van der Waals surface area contributed by atoms with E-state index in [1.165, 1.54) is 0 Å². The molecule has 0 unspecified atom stereocenters. The Balaban J connectivity index is 2.87. The Morgan fingerprint density at radius 1 is 1.40 bits per heavy atom. The van der Waals surface area contributed by atoms with Gasteiger partial charge in [-0.05, 0) is 29.9 Å². The lowest BCUT2D eigenvalue weighted by Crippen LogP contribution is -1.96. The van der Waals surface area contributed by atoms with Gasteiger partial charge in [-0.15, -0.1) is 0 Å². The summed E-state index contributed by atoms with van der Waals surface area (Å²) < 4.78 is 23.4. The molecule has 15 heavy (non-hydrogen) atoms. The predicted octanol–water partition coefficient (Wildman–Crippen LogP) is 3.17. The van der Waals surface area contributed by atoms with Crippen LogP contribution in [0.25, 0.3) is 0 Å². The van der Waals surface area contributed by atoms with Crippen LogP contribution in [0.2, 0.25) is 0 Å². The van der Waals surface area contributed by atoms with Crippen LogP contribution in [-0.2, 0) is 8.87 Å². The maximum Gasteiger partial charge on any atom is 0.230 e. The van der Waals surface area contributed by atoms with E-state index in [4.69, 9.17) is 11.6 Å². The van der Waals surface area contributed by atoms with Gasteiger partial charge in [0.2, 0.25) is 8.87 Å². The van der Waals surface area contributed by atoms with Crippen LogP contribution < -0.4 is 0 Å². The van der Waals surface area contributed by atoms with E-state index in [1.807, 2.05) is 6.92 Å². The van der Waals surface area contributed by atoms with Gasteiger partial charge in [0.1, 0.15) is 0 Å². The molecule has 1 aromatic carbocycles. The fourth-order valence-corrected chi connectivity index (χ4v) is 3.79. The van der Waals surface area contributed by atoms with Crippen LogP contribution in [0.1, 0.15) is 5.56 Å². The summed E-state index contributed by atoms with van der Waals surface area (Å²) in [5, 5.41) is 0.329. The van der Waals surface area contributed by atoms with Gasteiger partial charge in [0, 0.05) is 10.8 Å². The minimum absolute atomic E-state index is 0.206. The van der Waals surface area contributed by atoms with E-state index in [1.54, 1.807) is 24.3 Å². The zero-order valence-corrected chi connectivity index (χ0v) is 10.6. The summed E-state index contributed by atoms with van der Waals surface area (Å²) in [4.78, 5) is 0.302. The van der Waals surface area contributed by atoms with Crippen molar-refractivity contribution in [3.63, 3.8) is 0 Å². The van der Waals surface area contributed by atoms with E-state index in [0.717, 1.165) is 16.4 Å². The molecule has 0 atom stereocenters. The molecule has 0 fully saturated rings. The number of rotatable bonds is 4. The van der Waals surface area contributed by atoms with Gasteiger partial charge in [-0.1, -0.05) is 35.9 Å². The Morgan fingerprint density at radius 2 is 1.93 bits per heavy atom. The van der Waals surface area contributed by atoms with Crippen molar-refractivity contribution in [2.45, 2.75) is 11.8 Å². The van der Waals surface area contributed by atoms with E-state index >= 15 is 0 Å². The molecule has 2 nitrogen and oxygen atoms in total. The molecule has 0 bridgehead atoms. The van der Waals surface area contributed by atoms with Crippen LogP contribution >= 0.6 is 22.4 Å². The van der Waals surface area contributed by atoms with Crippen LogP contribution in [-0.4, -0.2) is 14.2 Å². The minimum atomic E-state index is -3.30. The number of hydrogen-bond acceptors (Lipinski definition) is 3. The minimum Gasteiger partial charge on any atom is -0.212 e. The average Bonchev–Trinajstić information content (AvgIpc) is 2.16. The van der Waals surface area contributed by atoms with Gasteiger partial charge in [0.05, 0.1) is 4.90 Å². The largest absolute Gasteiger partial charge is 0.230 e. The molecule has 0 heterocycles. The van der Waals surface area contributed by atoms with Gasteiger partial charge in [-0.3, -0.25) is 0 Å². The second-order valence-electron chi connectivity index (χ2n) is 3.05. The first-order valence-electron chi connectivity index (χ1n) is 4.21. The Kier molecular flexibility index (Phi) is 4.25. The number of benzene rings is 1. The quantitative estimate of drug-likeness (QED) is 0.782. The van der Waals surface area contributed by atoms with Gasteiger partial charge in [-0.25, -0.2) is 8.42 Å². The molecule has 1 rings (SSSR count). The second kappa shape index (κ2) is 5.05. The number of aryl methyl sites for hydroxylation is 1. The molecular formula is C10H11ClO2S2. The second-order valence-corrected chi connectivity index (χ2v) is 7.51. The van der Waals surface area contributed by atoms with Crippen molar-refractivity contribution in [1.29, 1.82) is 0 Å². The molecule has 0 aliphatic heterocycles. The van der Waals surface area contributed by atoms with Crippen LogP contribution in [0.5, 0.6) is 0 Å². The van der Waals surface area contributed by atoms with Crippen LogP contribution in [0.4, 0.5) is 0 Å². The Hall–Kier alpha value is -0.450. The van der Waals surface area contributed by atoms with Crippen molar-refractivity contribution < 1.29 is 8.42 Å². The lowest BCUT2D eigenvalue weighted by atomic mass is 10.2. The Morgan fingerprint density at radius 3 is 2.40 bits per heavy atom. The molecule has 0 spiro atoms. The standard InChI is InChI=1S/C10H11ClO2S2/c1-8-3-5-10(6-4-8)15(12,13)14-7-9(2)11/h3-6H,2,7H2,1H3. The zero-order chi connectivity index (χ0) is 11.5. The summed E-state index contributed by atoms with van der Waals surface area (Å²) in [6.07, 6.45) is 0. The fourth-order valence-electron chi connectivity index (χ4n) is 0.914. The van der Waals surface area contributed by atoms with Crippen molar-refractivity contribution in [2.75, 3.05) is 5.75 Å². The van der Waals surface area contributed by atoms with E-state index in [9.17, 15) is 8.42 Å². The van der Waals surface area contributed by atoms with Crippen LogP contribution in [0.3, 0.4) is 0 Å².